The molecule has 1 saturated heterocycles. The molecule has 0 bridgehead atoms. The quantitative estimate of drug-likeness (QED) is 0.640. The Balaban J connectivity index is 1.54. The number of amides is 3. The first-order valence-electron chi connectivity index (χ1n) is 9.49. The molecule has 3 amide bonds. The zero-order chi connectivity index (χ0) is 21.7. The van der Waals surface area contributed by atoms with Gasteiger partial charge in [-0.05, 0) is 49.2 Å². The topological polar surface area (TPSA) is 105 Å². The molecule has 0 radical (unpaired) electrons. The number of nitrogens with zero attached hydrogens (tertiary/aromatic N) is 1. The third-order valence-electron chi connectivity index (χ3n) is 4.87. The highest BCUT2D eigenvalue weighted by atomic mass is 19.1. The van der Waals surface area contributed by atoms with Gasteiger partial charge in [0.1, 0.15) is 11.6 Å². The van der Waals surface area contributed by atoms with Crippen LogP contribution >= 0.6 is 0 Å². The maximum absolute atomic E-state index is 13.6. The molecule has 0 saturated carbocycles. The van der Waals surface area contributed by atoms with Gasteiger partial charge in [-0.15, -0.1) is 0 Å². The molecule has 1 aliphatic heterocycles. The summed E-state index contributed by atoms with van der Waals surface area (Å²) in [6.45, 7) is 0.920. The van der Waals surface area contributed by atoms with Crippen LogP contribution in [0.5, 0.6) is 0 Å². The molecule has 2 aromatic rings. The number of likely N-dealkylation sites (tertiary alicyclic amines) is 1. The van der Waals surface area contributed by atoms with Crippen molar-refractivity contribution in [3.63, 3.8) is 0 Å². The zero-order valence-electron chi connectivity index (χ0n) is 16.2. The fraction of sp³-hybridized carbons (Fsp3) is 0.286. The van der Waals surface area contributed by atoms with Crippen LogP contribution in [0.15, 0.2) is 42.5 Å². The van der Waals surface area contributed by atoms with Crippen LogP contribution < -0.4 is 16.4 Å². The summed E-state index contributed by atoms with van der Waals surface area (Å²) in [5.41, 5.74) is 6.52. The van der Waals surface area contributed by atoms with Crippen LogP contribution in [0, 0.1) is 11.6 Å². The monoisotopic (exact) mass is 416 g/mol. The van der Waals surface area contributed by atoms with E-state index in [1.807, 2.05) is 11.0 Å². The normalized spacial score (nSPS) is 16.3. The van der Waals surface area contributed by atoms with E-state index in [2.05, 4.69) is 10.6 Å². The lowest BCUT2D eigenvalue weighted by atomic mass is 10.1. The molecule has 30 heavy (non-hydrogen) atoms. The molecule has 9 heteroatoms. The fourth-order valence-electron chi connectivity index (χ4n) is 3.45. The standard InChI is InChI=1S/C21H22F2N4O3/c22-14-6-7-16(17(23)10-14)21(30)25-11-19(28)26-15-4-1-3-13(9-15)12-27-8-2-5-18(27)20(24)29/h1,3-4,6-7,9-10,18H,2,5,8,11-12H2,(H2,24,29)(H,25,30)(H,26,28). The number of nitrogens with one attached hydrogen (secondary N) is 2. The van der Waals surface area contributed by atoms with Crippen LogP contribution in [0.3, 0.4) is 0 Å². The van der Waals surface area contributed by atoms with Gasteiger partial charge in [-0.2, -0.15) is 0 Å². The Morgan fingerprint density at radius 2 is 1.93 bits per heavy atom. The Hall–Kier alpha value is -3.33. The highest BCUT2D eigenvalue weighted by molar-refractivity contribution is 5.99. The van der Waals surface area contributed by atoms with Crippen molar-refractivity contribution in [2.75, 3.05) is 18.4 Å². The third kappa shape index (κ3) is 5.38. The number of primary amides is 1. The number of carbonyl (C=O) groups is 3. The van der Waals surface area contributed by atoms with Crippen molar-refractivity contribution in [2.45, 2.75) is 25.4 Å². The van der Waals surface area contributed by atoms with E-state index in [4.69, 9.17) is 5.73 Å². The summed E-state index contributed by atoms with van der Waals surface area (Å²) in [6.07, 6.45) is 1.64. The first-order chi connectivity index (χ1) is 14.3. The molecule has 1 heterocycles. The number of carbonyl (C=O) groups excluding carboxylic acids is 3. The molecule has 1 aliphatic rings. The van der Waals surface area contributed by atoms with Crippen LogP contribution in [0.4, 0.5) is 14.5 Å². The lowest BCUT2D eigenvalue weighted by molar-refractivity contribution is -0.122. The van der Waals surface area contributed by atoms with E-state index in [1.165, 1.54) is 0 Å². The summed E-state index contributed by atoms with van der Waals surface area (Å²) in [7, 11) is 0. The Morgan fingerprint density at radius 1 is 1.13 bits per heavy atom. The molecule has 1 atom stereocenters. The second kappa shape index (κ2) is 9.45. The number of hydrogen-bond donors (Lipinski definition) is 3. The molecule has 1 fully saturated rings. The van der Waals surface area contributed by atoms with Crippen molar-refractivity contribution in [1.82, 2.24) is 10.2 Å². The molecule has 3 rings (SSSR count). The minimum absolute atomic E-state index is 0.287. The molecule has 2 aromatic carbocycles. The van der Waals surface area contributed by atoms with Crippen LogP contribution in [0.2, 0.25) is 0 Å². The van der Waals surface area contributed by atoms with Crippen LogP contribution in [-0.2, 0) is 16.1 Å². The minimum atomic E-state index is -1.00. The minimum Gasteiger partial charge on any atom is -0.368 e. The van der Waals surface area contributed by atoms with Crippen molar-refractivity contribution < 1.29 is 23.2 Å². The van der Waals surface area contributed by atoms with Gasteiger partial charge in [0.2, 0.25) is 11.8 Å². The maximum atomic E-state index is 13.6. The number of anilines is 1. The molecule has 0 spiro atoms. The SMILES string of the molecule is NC(=O)C1CCCN1Cc1cccc(NC(=O)CNC(=O)c2ccc(F)cc2F)c1. The summed E-state index contributed by atoms with van der Waals surface area (Å²) >= 11 is 0. The van der Waals surface area contributed by atoms with Crippen molar-refractivity contribution in [2.24, 2.45) is 5.73 Å². The number of benzene rings is 2. The summed E-state index contributed by atoms with van der Waals surface area (Å²) in [5.74, 6) is -3.46. The molecule has 158 valence electrons. The summed E-state index contributed by atoms with van der Waals surface area (Å²) < 4.78 is 26.6. The largest absolute Gasteiger partial charge is 0.368 e. The van der Waals surface area contributed by atoms with Gasteiger partial charge in [-0.3, -0.25) is 19.3 Å². The Morgan fingerprint density at radius 3 is 2.67 bits per heavy atom. The van der Waals surface area contributed by atoms with Gasteiger partial charge >= 0.3 is 0 Å². The number of halogens is 2. The average molecular weight is 416 g/mol. The predicted molar refractivity (Wildman–Crippen MR) is 106 cm³/mol. The number of nitrogens with two attached hydrogens (primary N) is 1. The van der Waals surface area contributed by atoms with Gasteiger partial charge in [0, 0.05) is 18.3 Å². The van der Waals surface area contributed by atoms with E-state index in [0.29, 0.717) is 18.3 Å². The second-order valence-corrected chi connectivity index (χ2v) is 7.09. The van der Waals surface area contributed by atoms with E-state index in [-0.39, 0.29) is 24.1 Å². The van der Waals surface area contributed by atoms with E-state index < -0.39 is 23.4 Å². The smallest absolute Gasteiger partial charge is 0.254 e. The first-order valence-corrected chi connectivity index (χ1v) is 9.49. The average Bonchev–Trinajstić information content (AvgIpc) is 3.15. The molecular weight excluding hydrogens is 394 g/mol. The van der Waals surface area contributed by atoms with Gasteiger partial charge < -0.3 is 16.4 Å². The second-order valence-electron chi connectivity index (χ2n) is 7.09. The summed E-state index contributed by atoms with van der Waals surface area (Å²) in [5, 5.41) is 4.95. The number of hydrogen-bond acceptors (Lipinski definition) is 4. The van der Waals surface area contributed by atoms with Gasteiger partial charge in [-0.1, -0.05) is 12.1 Å². The molecule has 7 nitrogen and oxygen atoms in total. The maximum Gasteiger partial charge on any atom is 0.254 e. The van der Waals surface area contributed by atoms with E-state index in [0.717, 1.165) is 37.1 Å². The Kier molecular flexibility index (Phi) is 6.73. The van der Waals surface area contributed by atoms with Crippen molar-refractivity contribution in [3.05, 3.63) is 65.2 Å². The third-order valence-corrected chi connectivity index (χ3v) is 4.87. The molecular formula is C21H22F2N4O3. The van der Waals surface area contributed by atoms with E-state index in [1.54, 1.807) is 18.2 Å². The van der Waals surface area contributed by atoms with Gasteiger partial charge in [-0.25, -0.2) is 8.78 Å². The lowest BCUT2D eigenvalue weighted by Gasteiger charge is -2.22. The summed E-state index contributed by atoms with van der Waals surface area (Å²) in [4.78, 5) is 37.6. The van der Waals surface area contributed by atoms with Crippen LogP contribution in [0.25, 0.3) is 0 Å². The van der Waals surface area contributed by atoms with Crippen LogP contribution in [-0.4, -0.2) is 41.8 Å². The summed E-state index contributed by atoms with van der Waals surface area (Å²) in [6, 6.07) is 9.41. The zero-order valence-corrected chi connectivity index (χ0v) is 16.2. The van der Waals surface area contributed by atoms with Gasteiger partial charge in [0.15, 0.2) is 0 Å². The Bertz CT molecular complexity index is 967. The molecule has 0 aromatic heterocycles. The van der Waals surface area contributed by atoms with Crippen molar-refractivity contribution >= 4 is 23.4 Å². The fourth-order valence-corrected chi connectivity index (χ4v) is 3.45. The molecule has 4 N–H and O–H groups in total. The van der Waals surface area contributed by atoms with Gasteiger partial charge in [0.05, 0.1) is 18.2 Å². The van der Waals surface area contributed by atoms with Gasteiger partial charge in [0.25, 0.3) is 5.91 Å². The van der Waals surface area contributed by atoms with Crippen LogP contribution in [0.1, 0.15) is 28.8 Å². The first kappa shape index (κ1) is 21.4. The lowest BCUT2D eigenvalue weighted by Crippen LogP contribution is -2.39. The van der Waals surface area contributed by atoms with E-state index >= 15 is 0 Å². The molecule has 0 aliphatic carbocycles. The van der Waals surface area contributed by atoms with Crippen molar-refractivity contribution in [1.29, 1.82) is 0 Å². The van der Waals surface area contributed by atoms with Crippen molar-refractivity contribution in [3.8, 4) is 0 Å². The predicted octanol–water partition coefficient (Wildman–Crippen LogP) is 1.78. The Labute approximate surface area is 172 Å². The highest BCUT2D eigenvalue weighted by Crippen LogP contribution is 2.21. The van der Waals surface area contributed by atoms with E-state index in [9.17, 15) is 23.2 Å². The highest BCUT2D eigenvalue weighted by Gasteiger charge is 2.28. The molecule has 1 unspecified atom stereocenters. The number of rotatable bonds is 7.